The van der Waals surface area contributed by atoms with Crippen LogP contribution in [0.15, 0.2) is 42.5 Å². The fourth-order valence-corrected chi connectivity index (χ4v) is 4.81. The highest BCUT2D eigenvalue weighted by Crippen LogP contribution is 2.26. The third-order valence-corrected chi connectivity index (χ3v) is 6.81. The largest absolute Gasteiger partial charge is 0.355 e. The van der Waals surface area contributed by atoms with E-state index < -0.39 is 28.5 Å². The number of nitrogens with one attached hydrogen (secondary N) is 1. The first-order valence-electron chi connectivity index (χ1n) is 10.8. The SMILES string of the molecule is CCNC(=O)[C@@H](CC)N(Cc1ccccc1C)C(=O)CN(c1ccc(Cl)cc1C)S(C)(=O)=O. The Morgan fingerprint density at radius 1 is 1.06 bits per heavy atom. The summed E-state index contributed by atoms with van der Waals surface area (Å²) < 4.78 is 26.4. The summed E-state index contributed by atoms with van der Waals surface area (Å²) in [5, 5.41) is 3.26. The second kappa shape index (κ2) is 11.5. The molecule has 0 unspecified atom stereocenters. The van der Waals surface area contributed by atoms with Gasteiger partial charge in [-0.1, -0.05) is 42.8 Å². The van der Waals surface area contributed by atoms with Crippen LogP contribution in [0.4, 0.5) is 5.69 Å². The van der Waals surface area contributed by atoms with Gasteiger partial charge in [0.05, 0.1) is 11.9 Å². The molecule has 0 saturated heterocycles. The average molecular weight is 494 g/mol. The van der Waals surface area contributed by atoms with Crippen LogP contribution in [-0.2, 0) is 26.2 Å². The molecule has 1 atom stereocenters. The van der Waals surface area contributed by atoms with Gasteiger partial charge in [-0.05, 0) is 62.1 Å². The molecule has 2 aromatic carbocycles. The highest BCUT2D eigenvalue weighted by atomic mass is 35.5. The van der Waals surface area contributed by atoms with Gasteiger partial charge in [0, 0.05) is 18.1 Å². The first kappa shape index (κ1) is 26.7. The summed E-state index contributed by atoms with van der Waals surface area (Å²) in [6.07, 6.45) is 1.45. The number of carbonyl (C=O) groups is 2. The topological polar surface area (TPSA) is 86.8 Å². The van der Waals surface area contributed by atoms with Crippen molar-refractivity contribution in [3.05, 3.63) is 64.2 Å². The third-order valence-electron chi connectivity index (χ3n) is 5.45. The van der Waals surface area contributed by atoms with Gasteiger partial charge in [0.1, 0.15) is 12.6 Å². The van der Waals surface area contributed by atoms with E-state index in [-0.39, 0.29) is 12.5 Å². The molecule has 2 aromatic rings. The molecule has 0 radical (unpaired) electrons. The lowest BCUT2D eigenvalue weighted by molar-refractivity contribution is -0.140. The molecular weight excluding hydrogens is 462 g/mol. The Kier molecular flexibility index (Phi) is 9.31. The van der Waals surface area contributed by atoms with Gasteiger partial charge in [-0.15, -0.1) is 0 Å². The van der Waals surface area contributed by atoms with Crippen LogP contribution in [0.5, 0.6) is 0 Å². The van der Waals surface area contributed by atoms with Gasteiger partial charge in [0.15, 0.2) is 0 Å². The van der Waals surface area contributed by atoms with Gasteiger partial charge in [-0.25, -0.2) is 8.42 Å². The van der Waals surface area contributed by atoms with Crippen LogP contribution in [0.25, 0.3) is 0 Å². The number of hydrogen-bond donors (Lipinski definition) is 1. The Morgan fingerprint density at radius 3 is 2.27 bits per heavy atom. The summed E-state index contributed by atoms with van der Waals surface area (Å²) in [4.78, 5) is 27.8. The van der Waals surface area contributed by atoms with Gasteiger partial charge in [-0.2, -0.15) is 0 Å². The van der Waals surface area contributed by atoms with E-state index in [0.717, 1.165) is 21.7 Å². The number of nitrogens with zero attached hydrogens (tertiary/aromatic N) is 2. The zero-order valence-corrected chi connectivity index (χ0v) is 21.3. The Hall–Kier alpha value is -2.58. The molecule has 0 aliphatic carbocycles. The molecule has 9 heteroatoms. The summed E-state index contributed by atoms with van der Waals surface area (Å²) in [6, 6.07) is 11.7. The van der Waals surface area contributed by atoms with Gasteiger partial charge in [-0.3, -0.25) is 13.9 Å². The average Bonchev–Trinajstić information content (AvgIpc) is 2.73. The molecule has 0 saturated carbocycles. The van der Waals surface area contributed by atoms with Crippen molar-refractivity contribution in [2.24, 2.45) is 0 Å². The number of aryl methyl sites for hydroxylation is 2. The predicted octanol–water partition coefficient (Wildman–Crippen LogP) is 3.67. The van der Waals surface area contributed by atoms with Crippen LogP contribution >= 0.6 is 11.6 Å². The Morgan fingerprint density at radius 2 is 1.73 bits per heavy atom. The van der Waals surface area contributed by atoms with Crippen molar-refractivity contribution in [2.75, 3.05) is 23.7 Å². The molecule has 0 fully saturated rings. The molecule has 0 aromatic heterocycles. The Labute approximate surface area is 201 Å². The fourth-order valence-electron chi connectivity index (χ4n) is 3.68. The van der Waals surface area contributed by atoms with Crippen molar-refractivity contribution >= 4 is 39.1 Å². The molecule has 180 valence electrons. The standard InChI is InChI=1S/C24H32ClN3O4S/c1-6-21(24(30)26-7-2)27(15-19-11-9-8-10-17(19)3)23(29)16-28(33(5,31)32)22-13-12-20(25)14-18(22)4/h8-14,21H,6-7,15-16H2,1-5H3,(H,26,30)/t21-/m1/s1. The van der Waals surface area contributed by atoms with Crippen LogP contribution in [0, 0.1) is 13.8 Å². The summed E-state index contributed by atoms with van der Waals surface area (Å²) in [5.41, 5.74) is 2.87. The number of sulfonamides is 1. The second-order valence-electron chi connectivity index (χ2n) is 7.97. The Bertz CT molecular complexity index is 1100. The normalized spacial score (nSPS) is 12.2. The lowest BCUT2D eigenvalue weighted by atomic mass is 10.1. The molecule has 0 bridgehead atoms. The van der Waals surface area contributed by atoms with Crippen molar-refractivity contribution in [3.63, 3.8) is 0 Å². The molecular formula is C24H32ClN3O4S. The molecule has 33 heavy (non-hydrogen) atoms. The molecule has 2 rings (SSSR count). The first-order valence-corrected chi connectivity index (χ1v) is 13.1. The van der Waals surface area contributed by atoms with Crippen molar-refractivity contribution in [3.8, 4) is 0 Å². The van der Waals surface area contributed by atoms with E-state index >= 15 is 0 Å². The minimum atomic E-state index is -3.78. The predicted molar refractivity (Wildman–Crippen MR) is 133 cm³/mol. The summed E-state index contributed by atoms with van der Waals surface area (Å²) in [5.74, 6) is -0.730. The van der Waals surface area contributed by atoms with E-state index in [1.165, 1.54) is 4.90 Å². The van der Waals surface area contributed by atoms with Crippen LogP contribution in [0.2, 0.25) is 5.02 Å². The molecule has 1 N–H and O–H groups in total. The number of benzene rings is 2. The van der Waals surface area contributed by atoms with E-state index in [2.05, 4.69) is 5.32 Å². The van der Waals surface area contributed by atoms with E-state index in [0.29, 0.717) is 29.2 Å². The number of likely N-dealkylation sites (N-methyl/N-ethyl adjacent to an activating group) is 1. The number of hydrogen-bond acceptors (Lipinski definition) is 4. The summed E-state index contributed by atoms with van der Waals surface area (Å²) >= 11 is 6.03. The lowest BCUT2D eigenvalue weighted by Gasteiger charge is -2.33. The van der Waals surface area contributed by atoms with Crippen molar-refractivity contribution in [1.29, 1.82) is 0 Å². The summed E-state index contributed by atoms with van der Waals surface area (Å²) in [7, 11) is -3.78. The number of halogens is 1. The zero-order valence-electron chi connectivity index (χ0n) is 19.8. The third kappa shape index (κ3) is 6.95. The quantitative estimate of drug-likeness (QED) is 0.547. The molecule has 7 nitrogen and oxygen atoms in total. The fraction of sp³-hybridized carbons (Fsp3) is 0.417. The molecule has 0 aliphatic rings. The number of anilines is 1. The smallest absolute Gasteiger partial charge is 0.244 e. The number of rotatable bonds is 10. The molecule has 2 amide bonds. The Balaban J connectivity index is 2.48. The molecule has 0 aliphatic heterocycles. The minimum absolute atomic E-state index is 0.193. The van der Waals surface area contributed by atoms with Gasteiger partial charge >= 0.3 is 0 Å². The first-order chi connectivity index (χ1) is 15.5. The monoisotopic (exact) mass is 493 g/mol. The molecule has 0 spiro atoms. The minimum Gasteiger partial charge on any atom is -0.355 e. The molecule has 0 heterocycles. The van der Waals surface area contributed by atoms with Crippen LogP contribution < -0.4 is 9.62 Å². The highest BCUT2D eigenvalue weighted by Gasteiger charge is 2.32. The van der Waals surface area contributed by atoms with E-state index in [9.17, 15) is 18.0 Å². The zero-order chi connectivity index (χ0) is 24.8. The second-order valence-corrected chi connectivity index (χ2v) is 10.3. The number of amides is 2. The van der Waals surface area contributed by atoms with Crippen LogP contribution in [0.3, 0.4) is 0 Å². The van der Waals surface area contributed by atoms with Crippen molar-refractivity contribution in [2.45, 2.75) is 46.7 Å². The number of carbonyl (C=O) groups excluding carboxylic acids is 2. The van der Waals surface area contributed by atoms with E-state index in [1.807, 2.05) is 45.0 Å². The maximum absolute atomic E-state index is 13.6. The van der Waals surface area contributed by atoms with Gasteiger partial charge < -0.3 is 10.2 Å². The van der Waals surface area contributed by atoms with Gasteiger partial charge in [0.2, 0.25) is 21.8 Å². The maximum atomic E-state index is 13.6. The van der Waals surface area contributed by atoms with Crippen LogP contribution in [0.1, 0.15) is 37.0 Å². The van der Waals surface area contributed by atoms with E-state index in [4.69, 9.17) is 11.6 Å². The lowest BCUT2D eigenvalue weighted by Crippen LogP contribution is -2.52. The van der Waals surface area contributed by atoms with Crippen molar-refractivity contribution in [1.82, 2.24) is 10.2 Å². The van der Waals surface area contributed by atoms with Crippen molar-refractivity contribution < 1.29 is 18.0 Å². The van der Waals surface area contributed by atoms with Gasteiger partial charge in [0.25, 0.3) is 0 Å². The summed E-state index contributed by atoms with van der Waals surface area (Å²) in [6.45, 7) is 7.51. The highest BCUT2D eigenvalue weighted by molar-refractivity contribution is 7.92. The maximum Gasteiger partial charge on any atom is 0.244 e. The van der Waals surface area contributed by atoms with Crippen LogP contribution in [-0.4, -0.2) is 50.5 Å². The van der Waals surface area contributed by atoms with E-state index in [1.54, 1.807) is 25.1 Å².